The Morgan fingerprint density at radius 1 is 0.794 bits per heavy atom. The molecule has 3 aromatic rings. The standard InChI is InChI=1S/C24H23N3O6S/c1-2-27(20-11-7-4-8-12-20)34(31,32)21-15-13-19(14-16-21)24(30)33-17-22(28)25-26-23(29)18-9-5-3-6-10-18/h3-16H,2,17H2,1H3,(H,25,28)(H,26,29). The van der Waals surface area contributed by atoms with E-state index in [0.29, 0.717) is 11.3 Å². The van der Waals surface area contributed by atoms with Gasteiger partial charge in [-0.05, 0) is 55.5 Å². The van der Waals surface area contributed by atoms with Crippen LogP contribution in [0.1, 0.15) is 27.6 Å². The number of sulfonamides is 1. The lowest BCUT2D eigenvalue weighted by Gasteiger charge is -2.22. The summed E-state index contributed by atoms with van der Waals surface area (Å²) in [4.78, 5) is 36.0. The van der Waals surface area contributed by atoms with E-state index in [2.05, 4.69) is 10.9 Å². The molecule has 10 heteroatoms. The van der Waals surface area contributed by atoms with Gasteiger partial charge in [-0.25, -0.2) is 13.2 Å². The molecule has 0 unspecified atom stereocenters. The molecule has 0 bridgehead atoms. The van der Waals surface area contributed by atoms with Crippen molar-refractivity contribution in [1.82, 2.24) is 10.9 Å². The van der Waals surface area contributed by atoms with Crippen molar-refractivity contribution in [1.29, 1.82) is 0 Å². The van der Waals surface area contributed by atoms with Gasteiger partial charge in [-0.1, -0.05) is 36.4 Å². The van der Waals surface area contributed by atoms with E-state index >= 15 is 0 Å². The molecule has 0 fully saturated rings. The Labute approximate surface area is 197 Å². The van der Waals surface area contributed by atoms with Gasteiger partial charge in [0.2, 0.25) is 0 Å². The highest BCUT2D eigenvalue weighted by Crippen LogP contribution is 2.23. The minimum absolute atomic E-state index is 0.0103. The highest BCUT2D eigenvalue weighted by atomic mass is 32.2. The van der Waals surface area contributed by atoms with Crippen LogP contribution in [0.5, 0.6) is 0 Å². The number of amides is 2. The van der Waals surface area contributed by atoms with Gasteiger partial charge >= 0.3 is 5.97 Å². The van der Waals surface area contributed by atoms with Crippen LogP contribution in [0.15, 0.2) is 89.8 Å². The SMILES string of the molecule is CCN(c1ccccc1)S(=O)(=O)c1ccc(C(=O)OCC(=O)NNC(=O)c2ccccc2)cc1. The summed E-state index contributed by atoms with van der Waals surface area (Å²) in [6.45, 7) is 1.32. The van der Waals surface area contributed by atoms with Crippen LogP contribution >= 0.6 is 0 Å². The van der Waals surface area contributed by atoms with Gasteiger partial charge in [0, 0.05) is 12.1 Å². The first-order chi connectivity index (χ1) is 16.3. The van der Waals surface area contributed by atoms with Crippen molar-refractivity contribution in [3.05, 3.63) is 96.1 Å². The number of para-hydroxylation sites is 1. The van der Waals surface area contributed by atoms with Gasteiger partial charge < -0.3 is 4.74 Å². The zero-order valence-corrected chi connectivity index (χ0v) is 19.1. The molecule has 0 atom stereocenters. The molecule has 0 aliphatic heterocycles. The summed E-state index contributed by atoms with van der Waals surface area (Å²) in [5.74, 6) is -2.07. The number of carbonyl (C=O) groups excluding carboxylic acids is 3. The van der Waals surface area contributed by atoms with Crippen molar-refractivity contribution in [3.8, 4) is 0 Å². The van der Waals surface area contributed by atoms with E-state index in [1.807, 2.05) is 0 Å². The largest absolute Gasteiger partial charge is 0.452 e. The number of ether oxygens (including phenoxy) is 1. The van der Waals surface area contributed by atoms with Gasteiger partial charge in [0.05, 0.1) is 16.1 Å². The number of hydrogen-bond acceptors (Lipinski definition) is 6. The quantitative estimate of drug-likeness (QED) is 0.377. The molecule has 2 amide bonds. The highest BCUT2D eigenvalue weighted by Gasteiger charge is 2.24. The van der Waals surface area contributed by atoms with E-state index in [4.69, 9.17) is 4.74 Å². The van der Waals surface area contributed by atoms with Gasteiger partial charge in [-0.15, -0.1) is 0 Å². The first kappa shape index (κ1) is 24.5. The zero-order chi connectivity index (χ0) is 24.6. The molecule has 9 nitrogen and oxygen atoms in total. The Balaban J connectivity index is 1.56. The van der Waals surface area contributed by atoms with E-state index in [9.17, 15) is 22.8 Å². The van der Waals surface area contributed by atoms with Crippen LogP contribution in [0.2, 0.25) is 0 Å². The van der Waals surface area contributed by atoms with E-state index < -0.39 is 34.4 Å². The summed E-state index contributed by atoms with van der Waals surface area (Å²) in [5, 5.41) is 0. The molecule has 0 aliphatic carbocycles. The molecule has 0 aliphatic rings. The molecular formula is C24H23N3O6S. The summed E-state index contributed by atoms with van der Waals surface area (Å²) in [5.41, 5.74) is 5.31. The van der Waals surface area contributed by atoms with Gasteiger partial charge in [0.25, 0.3) is 21.8 Å². The third kappa shape index (κ3) is 5.99. The predicted octanol–water partition coefficient (Wildman–Crippen LogP) is 2.52. The molecule has 0 radical (unpaired) electrons. The lowest BCUT2D eigenvalue weighted by molar-refractivity contribution is -0.125. The molecule has 0 saturated carbocycles. The van der Waals surface area contributed by atoms with Crippen LogP contribution in [0.4, 0.5) is 5.69 Å². The van der Waals surface area contributed by atoms with Crippen LogP contribution in [-0.4, -0.2) is 39.4 Å². The first-order valence-electron chi connectivity index (χ1n) is 10.3. The van der Waals surface area contributed by atoms with Crippen molar-refractivity contribution < 1.29 is 27.5 Å². The van der Waals surface area contributed by atoms with Crippen LogP contribution in [0.25, 0.3) is 0 Å². The van der Waals surface area contributed by atoms with Gasteiger partial charge in [0.1, 0.15) is 0 Å². The van der Waals surface area contributed by atoms with E-state index in [1.54, 1.807) is 67.6 Å². The van der Waals surface area contributed by atoms with Crippen molar-refractivity contribution in [2.24, 2.45) is 0 Å². The van der Waals surface area contributed by atoms with Gasteiger partial charge in [-0.2, -0.15) is 0 Å². The van der Waals surface area contributed by atoms with Gasteiger partial charge in [-0.3, -0.25) is 24.7 Å². The molecule has 0 aromatic heterocycles. The van der Waals surface area contributed by atoms with E-state index in [-0.39, 0.29) is 17.0 Å². The van der Waals surface area contributed by atoms with Crippen molar-refractivity contribution in [3.63, 3.8) is 0 Å². The Morgan fingerprint density at radius 3 is 1.97 bits per heavy atom. The number of nitrogens with one attached hydrogen (secondary N) is 2. The average Bonchev–Trinajstić information content (AvgIpc) is 2.87. The van der Waals surface area contributed by atoms with Crippen molar-refractivity contribution in [2.75, 3.05) is 17.5 Å². The zero-order valence-electron chi connectivity index (χ0n) is 18.3. The molecule has 0 spiro atoms. The van der Waals surface area contributed by atoms with Gasteiger partial charge in [0.15, 0.2) is 6.61 Å². The van der Waals surface area contributed by atoms with Crippen LogP contribution in [0.3, 0.4) is 0 Å². The first-order valence-corrected chi connectivity index (χ1v) is 11.8. The summed E-state index contributed by atoms with van der Waals surface area (Å²) in [7, 11) is -3.83. The Bertz CT molecular complexity index is 1250. The lowest BCUT2D eigenvalue weighted by Crippen LogP contribution is -2.43. The number of carbonyl (C=O) groups is 3. The fourth-order valence-electron chi connectivity index (χ4n) is 3.01. The van der Waals surface area contributed by atoms with Crippen LogP contribution in [0, 0.1) is 0 Å². The second-order valence-corrected chi connectivity index (χ2v) is 8.84. The molecule has 0 saturated heterocycles. The average molecular weight is 482 g/mol. The molecule has 3 aromatic carbocycles. The summed E-state index contributed by atoms with van der Waals surface area (Å²) >= 11 is 0. The van der Waals surface area contributed by atoms with Crippen LogP contribution in [-0.2, 0) is 19.6 Å². The number of rotatable bonds is 8. The fraction of sp³-hybridized carbons (Fsp3) is 0.125. The maximum Gasteiger partial charge on any atom is 0.338 e. The maximum absolute atomic E-state index is 13.0. The Kier molecular flexibility index (Phi) is 7.99. The third-order valence-electron chi connectivity index (χ3n) is 4.70. The summed E-state index contributed by atoms with van der Waals surface area (Å²) < 4.78 is 32.2. The smallest absolute Gasteiger partial charge is 0.338 e. The summed E-state index contributed by atoms with van der Waals surface area (Å²) in [6.07, 6.45) is 0. The summed E-state index contributed by atoms with van der Waals surface area (Å²) in [6, 6.07) is 22.2. The van der Waals surface area contributed by atoms with E-state index in [1.165, 1.54) is 28.6 Å². The fourth-order valence-corrected chi connectivity index (χ4v) is 4.49. The monoisotopic (exact) mass is 481 g/mol. The second-order valence-electron chi connectivity index (χ2n) is 6.97. The number of hydrogen-bond donors (Lipinski definition) is 2. The number of esters is 1. The molecule has 2 N–H and O–H groups in total. The number of anilines is 1. The Hall–Kier alpha value is -4.18. The number of nitrogens with zero attached hydrogens (tertiary/aromatic N) is 1. The number of benzene rings is 3. The van der Waals surface area contributed by atoms with Crippen molar-refractivity contribution >= 4 is 33.5 Å². The highest BCUT2D eigenvalue weighted by molar-refractivity contribution is 7.92. The van der Waals surface area contributed by atoms with E-state index in [0.717, 1.165) is 0 Å². The van der Waals surface area contributed by atoms with Crippen LogP contribution < -0.4 is 15.2 Å². The molecular weight excluding hydrogens is 458 g/mol. The molecule has 34 heavy (non-hydrogen) atoms. The second kappa shape index (κ2) is 11.1. The molecule has 0 heterocycles. The van der Waals surface area contributed by atoms with Crippen molar-refractivity contribution in [2.45, 2.75) is 11.8 Å². The molecule has 3 rings (SSSR count). The lowest BCUT2D eigenvalue weighted by atomic mass is 10.2. The normalized spacial score (nSPS) is 10.7. The number of hydrazine groups is 1. The molecule has 176 valence electrons. The minimum atomic E-state index is -3.83. The minimum Gasteiger partial charge on any atom is -0.452 e. The topological polar surface area (TPSA) is 122 Å². The Morgan fingerprint density at radius 2 is 1.38 bits per heavy atom. The third-order valence-corrected chi connectivity index (χ3v) is 6.61. The maximum atomic E-state index is 13.0. The predicted molar refractivity (Wildman–Crippen MR) is 125 cm³/mol.